The van der Waals surface area contributed by atoms with E-state index in [1.165, 1.54) is 0 Å². The van der Waals surface area contributed by atoms with Crippen LogP contribution in [0, 0.1) is 11.8 Å². The normalized spacial score (nSPS) is 10.9. The summed E-state index contributed by atoms with van der Waals surface area (Å²) in [7, 11) is 0. The minimum atomic E-state index is 0.267. The first-order chi connectivity index (χ1) is 8.27. The van der Waals surface area contributed by atoms with Crippen LogP contribution in [0.2, 0.25) is 0 Å². The molecular weight excluding hydrogens is 218 g/mol. The fraction of sp³-hybridized carbons (Fsp3) is 0.0833. The monoisotopic (exact) mass is 228 g/mol. The highest BCUT2D eigenvalue weighted by Crippen LogP contribution is 2.27. The average molecular weight is 228 g/mol. The number of hydrogen-bond acceptors (Lipinski definition) is 3. The number of fused-ring (bicyclic) bond motifs is 1. The molecule has 0 amide bonds. The van der Waals surface area contributed by atoms with Gasteiger partial charge < -0.3 is 0 Å². The lowest BCUT2D eigenvalue weighted by Gasteiger charge is -1.99. The smallest absolute Gasteiger partial charge is 0.261 e. The quantitative estimate of drug-likeness (QED) is 0.648. The Morgan fingerprint density at radius 3 is 2.82 bits per heavy atom. The summed E-state index contributed by atoms with van der Waals surface area (Å²) in [6.45, 7) is 1.79. The first-order valence-electron chi connectivity index (χ1n) is 5.23. The Morgan fingerprint density at radius 1 is 1.29 bits per heavy atom. The van der Waals surface area contributed by atoms with E-state index in [9.17, 15) is 4.91 Å². The molecule has 17 heavy (non-hydrogen) atoms. The first kappa shape index (κ1) is 9.77. The van der Waals surface area contributed by atoms with Gasteiger partial charge in [-0.15, -0.1) is 0 Å². The van der Waals surface area contributed by atoms with Crippen molar-refractivity contribution >= 4 is 11.0 Å². The second-order valence-electron chi connectivity index (χ2n) is 3.78. The zero-order chi connectivity index (χ0) is 11.8. The number of aromatic nitrogens is 3. The largest absolute Gasteiger partial charge is 0.445 e. The van der Waals surface area contributed by atoms with Gasteiger partial charge in [-0.3, -0.25) is 4.52 Å². The minimum absolute atomic E-state index is 0.267. The SMILES string of the molecule is Cc1onc2c1c(-c1ccccc1)c[nH][n+]2=O. The number of nitrogens with zero attached hydrogens (tertiary/aromatic N) is 2. The summed E-state index contributed by atoms with van der Waals surface area (Å²) < 4.78 is 5.66. The van der Waals surface area contributed by atoms with Crippen molar-refractivity contribution in [3.05, 3.63) is 47.2 Å². The van der Waals surface area contributed by atoms with E-state index in [0.717, 1.165) is 16.5 Å². The van der Waals surface area contributed by atoms with Crippen molar-refractivity contribution in [2.75, 3.05) is 0 Å². The number of hydrogen-bond donors (Lipinski definition) is 1. The second kappa shape index (κ2) is 3.55. The summed E-state index contributed by atoms with van der Waals surface area (Å²) in [6.07, 6.45) is 1.66. The molecule has 0 spiro atoms. The van der Waals surface area contributed by atoms with Crippen molar-refractivity contribution in [3.63, 3.8) is 0 Å². The lowest BCUT2D eigenvalue weighted by Crippen LogP contribution is -2.20. The van der Waals surface area contributed by atoms with Crippen LogP contribution >= 0.6 is 0 Å². The van der Waals surface area contributed by atoms with Crippen LogP contribution in [-0.2, 0) is 0 Å². The topological polar surface area (TPSA) is 64.8 Å². The van der Waals surface area contributed by atoms with Crippen molar-refractivity contribution in [3.8, 4) is 11.1 Å². The third kappa shape index (κ3) is 1.44. The molecule has 0 atom stereocenters. The van der Waals surface area contributed by atoms with Gasteiger partial charge in [-0.25, -0.2) is 0 Å². The van der Waals surface area contributed by atoms with E-state index in [2.05, 4.69) is 10.3 Å². The van der Waals surface area contributed by atoms with Crippen LogP contribution in [0.25, 0.3) is 22.2 Å². The molecule has 2 heterocycles. The molecule has 2 aromatic heterocycles. The Labute approximate surface area is 96.3 Å². The maximum absolute atomic E-state index is 11.5. The molecule has 0 aliphatic rings. The zero-order valence-electron chi connectivity index (χ0n) is 9.18. The van der Waals surface area contributed by atoms with Gasteiger partial charge in [0, 0.05) is 12.5 Å². The summed E-state index contributed by atoms with van der Waals surface area (Å²) in [5.74, 6) is 0.637. The van der Waals surface area contributed by atoms with Crippen molar-refractivity contribution in [1.29, 1.82) is 0 Å². The van der Waals surface area contributed by atoms with Gasteiger partial charge in [0.15, 0.2) is 10.9 Å². The molecular formula is C12H10N3O2+. The van der Waals surface area contributed by atoms with Gasteiger partial charge in [-0.1, -0.05) is 30.3 Å². The molecule has 1 N–H and O–H groups in total. The molecule has 3 rings (SSSR count). The molecule has 3 aromatic rings. The summed E-state index contributed by atoms with van der Waals surface area (Å²) >= 11 is 0. The maximum Gasteiger partial charge on any atom is 0.445 e. The lowest BCUT2D eigenvalue weighted by molar-refractivity contribution is -0.538. The van der Waals surface area contributed by atoms with Crippen LogP contribution in [0.1, 0.15) is 5.76 Å². The van der Waals surface area contributed by atoms with Gasteiger partial charge in [-0.2, -0.15) is 5.10 Å². The third-order valence-corrected chi connectivity index (χ3v) is 2.72. The van der Waals surface area contributed by atoms with E-state index in [4.69, 9.17) is 4.52 Å². The Balaban J connectivity index is 2.42. The van der Waals surface area contributed by atoms with Crippen molar-refractivity contribution in [1.82, 2.24) is 10.3 Å². The number of aromatic amines is 1. The van der Waals surface area contributed by atoms with Crippen LogP contribution in [-0.4, -0.2) is 10.3 Å². The third-order valence-electron chi connectivity index (χ3n) is 2.72. The number of nitrogens with one attached hydrogen (secondary N) is 1. The fourth-order valence-electron chi connectivity index (χ4n) is 1.91. The van der Waals surface area contributed by atoms with E-state index < -0.39 is 0 Å². The van der Waals surface area contributed by atoms with Crippen molar-refractivity contribution in [2.24, 2.45) is 0 Å². The Bertz CT molecular complexity index is 728. The molecule has 0 aliphatic carbocycles. The number of aryl methyl sites for hydroxylation is 1. The number of H-pyrrole nitrogens is 1. The zero-order valence-corrected chi connectivity index (χ0v) is 9.18. The predicted octanol–water partition coefficient (Wildman–Crippen LogP) is 2.05. The highest BCUT2D eigenvalue weighted by Gasteiger charge is 2.21. The van der Waals surface area contributed by atoms with E-state index in [0.29, 0.717) is 10.3 Å². The molecule has 5 heteroatoms. The van der Waals surface area contributed by atoms with Gasteiger partial charge in [0.1, 0.15) is 5.39 Å². The van der Waals surface area contributed by atoms with Crippen LogP contribution in [0.3, 0.4) is 0 Å². The summed E-state index contributed by atoms with van der Waals surface area (Å²) in [6, 6.07) is 9.79. The molecule has 0 unspecified atom stereocenters. The summed E-state index contributed by atoms with van der Waals surface area (Å²) in [5.41, 5.74) is 2.19. The molecule has 0 aliphatic heterocycles. The second-order valence-corrected chi connectivity index (χ2v) is 3.78. The molecule has 84 valence electrons. The Morgan fingerprint density at radius 2 is 2.06 bits per heavy atom. The fourth-order valence-corrected chi connectivity index (χ4v) is 1.91. The van der Waals surface area contributed by atoms with Crippen LogP contribution < -0.4 is 4.54 Å². The molecule has 0 radical (unpaired) electrons. The number of benzene rings is 1. The van der Waals surface area contributed by atoms with Gasteiger partial charge in [-0.05, 0) is 10.5 Å². The maximum atomic E-state index is 11.5. The van der Waals surface area contributed by atoms with Crippen LogP contribution in [0.15, 0.2) is 41.1 Å². The summed E-state index contributed by atoms with van der Waals surface area (Å²) in [5, 5.41) is 7.08. The van der Waals surface area contributed by atoms with Crippen molar-refractivity contribution in [2.45, 2.75) is 6.92 Å². The first-order valence-corrected chi connectivity index (χ1v) is 5.23. The van der Waals surface area contributed by atoms with E-state index in [-0.39, 0.29) is 5.65 Å². The molecule has 5 nitrogen and oxygen atoms in total. The molecule has 1 aromatic carbocycles. The van der Waals surface area contributed by atoms with Gasteiger partial charge >= 0.3 is 5.65 Å². The van der Waals surface area contributed by atoms with Gasteiger partial charge in [0.2, 0.25) is 0 Å². The minimum Gasteiger partial charge on any atom is -0.261 e. The molecule has 0 fully saturated rings. The molecule has 0 bridgehead atoms. The number of rotatable bonds is 1. The lowest BCUT2D eigenvalue weighted by atomic mass is 10.0. The van der Waals surface area contributed by atoms with Crippen LogP contribution in [0.4, 0.5) is 0 Å². The van der Waals surface area contributed by atoms with E-state index in [1.54, 1.807) is 13.1 Å². The highest BCUT2D eigenvalue weighted by atomic mass is 16.5. The highest BCUT2D eigenvalue weighted by molar-refractivity contribution is 5.91. The van der Waals surface area contributed by atoms with Gasteiger partial charge in [0.25, 0.3) is 0 Å². The van der Waals surface area contributed by atoms with Gasteiger partial charge in [0.05, 0.1) is 10.7 Å². The van der Waals surface area contributed by atoms with Crippen LogP contribution in [0.5, 0.6) is 0 Å². The molecule has 0 saturated carbocycles. The predicted molar refractivity (Wildman–Crippen MR) is 61.9 cm³/mol. The van der Waals surface area contributed by atoms with E-state index in [1.807, 2.05) is 30.3 Å². The summed E-state index contributed by atoms with van der Waals surface area (Å²) in [4.78, 5) is 11.5. The standard InChI is InChI=1S/C12H10N3O2/c1-8-11-10(9-5-3-2-4-6-9)7-13-15(16)12(11)14-17-8/h2-7H,1H3,(H,13,16)/q+1. The Kier molecular flexibility index (Phi) is 2.04. The van der Waals surface area contributed by atoms with E-state index >= 15 is 0 Å². The average Bonchev–Trinajstić information content (AvgIpc) is 2.75. The van der Waals surface area contributed by atoms with Crippen molar-refractivity contribution < 1.29 is 9.06 Å². The Hall–Kier alpha value is -2.43. The molecule has 0 saturated heterocycles.